The Labute approximate surface area is 138 Å². The Morgan fingerprint density at radius 1 is 0.818 bits per heavy atom. The first-order valence-corrected chi connectivity index (χ1v) is 12.9. The maximum absolute atomic E-state index is 5.85. The summed E-state index contributed by atoms with van der Waals surface area (Å²) < 4.78 is 29.1. The van der Waals surface area contributed by atoms with Gasteiger partial charge in [-0.3, -0.25) is 0 Å². The topological polar surface area (TPSA) is 46.2 Å². The van der Waals surface area contributed by atoms with Crippen molar-refractivity contribution >= 4 is 17.1 Å². The standard InChI is InChI=1S/C15H34O5Si2/c1-13-12-14(21(6,16-2)17-3)8-10-20-11-9-15(13)22(7,18-4)19-5/h13-15H,8-12H2,1-7H3. The molecule has 0 saturated carbocycles. The molecule has 0 amide bonds. The fourth-order valence-corrected chi connectivity index (χ4v) is 8.47. The van der Waals surface area contributed by atoms with Crippen LogP contribution >= 0.6 is 0 Å². The van der Waals surface area contributed by atoms with Crippen molar-refractivity contribution in [1.29, 1.82) is 0 Å². The van der Waals surface area contributed by atoms with E-state index in [-0.39, 0.29) is 0 Å². The van der Waals surface area contributed by atoms with Gasteiger partial charge in [-0.2, -0.15) is 0 Å². The molecular weight excluding hydrogens is 316 g/mol. The van der Waals surface area contributed by atoms with Gasteiger partial charge in [-0.25, -0.2) is 0 Å². The third-order valence-electron chi connectivity index (χ3n) is 5.56. The molecule has 1 heterocycles. The molecule has 0 spiro atoms. The Bertz CT molecular complexity index is 321. The minimum atomic E-state index is -2.19. The number of ether oxygens (including phenoxy) is 1. The fraction of sp³-hybridized carbons (Fsp3) is 1.00. The summed E-state index contributed by atoms with van der Waals surface area (Å²) in [5.74, 6) is 0.500. The average molecular weight is 351 g/mol. The van der Waals surface area contributed by atoms with E-state index in [1.807, 2.05) is 0 Å². The number of rotatable bonds is 6. The van der Waals surface area contributed by atoms with E-state index in [9.17, 15) is 0 Å². The Balaban J connectivity index is 2.98. The van der Waals surface area contributed by atoms with Crippen molar-refractivity contribution in [3.63, 3.8) is 0 Å². The molecule has 3 atom stereocenters. The summed E-state index contributed by atoms with van der Waals surface area (Å²) >= 11 is 0. The highest BCUT2D eigenvalue weighted by molar-refractivity contribution is 6.68. The monoisotopic (exact) mass is 350 g/mol. The SMILES string of the molecule is CO[Si](C)(OC)C1CCOCCC([Si](C)(OC)OC)C(C)C1. The quantitative estimate of drug-likeness (QED) is 0.688. The molecule has 1 fully saturated rings. The summed E-state index contributed by atoms with van der Waals surface area (Å²) in [7, 11) is 2.73. The smallest absolute Gasteiger partial charge is 0.337 e. The van der Waals surface area contributed by atoms with Gasteiger partial charge in [0.1, 0.15) is 0 Å². The van der Waals surface area contributed by atoms with Crippen molar-refractivity contribution < 1.29 is 22.4 Å². The van der Waals surface area contributed by atoms with Gasteiger partial charge in [0, 0.05) is 52.7 Å². The van der Waals surface area contributed by atoms with Crippen molar-refractivity contribution in [2.75, 3.05) is 41.7 Å². The van der Waals surface area contributed by atoms with Gasteiger partial charge < -0.3 is 22.4 Å². The lowest BCUT2D eigenvalue weighted by Crippen LogP contribution is -2.46. The lowest BCUT2D eigenvalue weighted by Gasteiger charge is -2.38. The molecule has 0 aromatic carbocycles. The maximum atomic E-state index is 5.85. The molecule has 1 saturated heterocycles. The molecule has 3 unspecified atom stereocenters. The van der Waals surface area contributed by atoms with Crippen LogP contribution in [0, 0.1) is 5.92 Å². The van der Waals surface area contributed by atoms with E-state index in [1.54, 1.807) is 28.4 Å². The van der Waals surface area contributed by atoms with Crippen LogP contribution in [0.5, 0.6) is 0 Å². The van der Waals surface area contributed by atoms with Crippen molar-refractivity contribution in [3.05, 3.63) is 0 Å². The summed E-state index contributed by atoms with van der Waals surface area (Å²) in [5.41, 5.74) is 0.833. The Kier molecular flexibility index (Phi) is 8.21. The van der Waals surface area contributed by atoms with Crippen LogP contribution in [0.2, 0.25) is 24.2 Å². The Hall–Kier alpha value is 0.234. The minimum absolute atomic E-state index is 0.412. The van der Waals surface area contributed by atoms with Gasteiger partial charge >= 0.3 is 17.1 Å². The summed E-state index contributed by atoms with van der Waals surface area (Å²) in [6, 6.07) is 0. The van der Waals surface area contributed by atoms with E-state index >= 15 is 0 Å². The van der Waals surface area contributed by atoms with Crippen LogP contribution in [0.25, 0.3) is 0 Å². The van der Waals surface area contributed by atoms with Crippen molar-refractivity contribution in [2.24, 2.45) is 5.92 Å². The predicted octanol–water partition coefficient (Wildman–Crippen LogP) is 3.29. The predicted molar refractivity (Wildman–Crippen MR) is 92.6 cm³/mol. The second kappa shape index (κ2) is 8.91. The van der Waals surface area contributed by atoms with Gasteiger partial charge in [-0.15, -0.1) is 0 Å². The summed E-state index contributed by atoms with van der Waals surface area (Å²) in [6.45, 7) is 8.17. The number of hydrogen-bond donors (Lipinski definition) is 0. The molecule has 1 aliphatic heterocycles. The average Bonchev–Trinajstić information content (AvgIpc) is 2.64. The first kappa shape index (κ1) is 20.3. The molecule has 0 bridgehead atoms. The molecule has 132 valence electrons. The van der Waals surface area contributed by atoms with Crippen LogP contribution in [-0.2, 0) is 22.4 Å². The van der Waals surface area contributed by atoms with E-state index < -0.39 is 17.1 Å². The molecule has 0 N–H and O–H groups in total. The molecule has 0 aliphatic carbocycles. The zero-order valence-corrected chi connectivity index (χ0v) is 17.3. The van der Waals surface area contributed by atoms with E-state index in [1.165, 1.54) is 0 Å². The normalized spacial score (nSPS) is 28.8. The Morgan fingerprint density at radius 3 is 1.82 bits per heavy atom. The molecule has 0 aromatic rings. The largest absolute Gasteiger partial charge is 0.398 e. The number of hydrogen-bond acceptors (Lipinski definition) is 5. The maximum Gasteiger partial charge on any atom is 0.337 e. The molecule has 1 aliphatic rings. The second-order valence-electron chi connectivity index (χ2n) is 6.55. The van der Waals surface area contributed by atoms with E-state index in [0.717, 1.165) is 32.5 Å². The second-order valence-corrected chi connectivity index (χ2v) is 13.8. The van der Waals surface area contributed by atoms with Gasteiger partial charge in [-0.1, -0.05) is 6.92 Å². The van der Waals surface area contributed by atoms with Crippen molar-refractivity contribution in [3.8, 4) is 0 Å². The van der Waals surface area contributed by atoms with Crippen LogP contribution < -0.4 is 0 Å². The van der Waals surface area contributed by atoms with Crippen molar-refractivity contribution in [1.82, 2.24) is 0 Å². The molecular formula is C15H34O5Si2. The van der Waals surface area contributed by atoms with Crippen molar-refractivity contribution in [2.45, 2.75) is 50.4 Å². The van der Waals surface area contributed by atoms with Gasteiger partial charge in [0.2, 0.25) is 0 Å². The van der Waals surface area contributed by atoms with E-state index in [0.29, 0.717) is 17.0 Å². The van der Waals surface area contributed by atoms with Crippen LogP contribution in [0.4, 0.5) is 0 Å². The first-order valence-electron chi connectivity index (χ1n) is 8.15. The third-order valence-corrected chi connectivity index (χ3v) is 13.0. The van der Waals surface area contributed by atoms with Crippen LogP contribution in [0.15, 0.2) is 0 Å². The molecule has 0 aromatic heterocycles. The molecule has 5 nitrogen and oxygen atoms in total. The van der Waals surface area contributed by atoms with Crippen LogP contribution in [0.1, 0.15) is 26.2 Å². The molecule has 0 radical (unpaired) electrons. The van der Waals surface area contributed by atoms with Gasteiger partial charge in [-0.05, 0) is 38.3 Å². The lowest BCUT2D eigenvalue weighted by molar-refractivity contribution is 0.121. The molecule has 22 heavy (non-hydrogen) atoms. The highest BCUT2D eigenvalue weighted by Gasteiger charge is 2.46. The van der Waals surface area contributed by atoms with Crippen LogP contribution in [0.3, 0.4) is 0 Å². The third kappa shape index (κ3) is 4.62. The zero-order valence-electron chi connectivity index (χ0n) is 15.3. The fourth-order valence-electron chi connectivity index (χ4n) is 3.61. The van der Waals surface area contributed by atoms with E-state index in [2.05, 4.69) is 20.0 Å². The summed E-state index contributed by atoms with van der Waals surface area (Å²) in [5, 5.41) is 0. The van der Waals surface area contributed by atoms with Crippen LogP contribution in [-0.4, -0.2) is 58.8 Å². The first-order chi connectivity index (χ1) is 10.4. The highest BCUT2D eigenvalue weighted by Crippen LogP contribution is 2.43. The van der Waals surface area contributed by atoms with Gasteiger partial charge in [0.25, 0.3) is 0 Å². The summed E-state index contributed by atoms with van der Waals surface area (Å²) in [6.07, 6.45) is 3.07. The molecule has 7 heteroatoms. The lowest BCUT2D eigenvalue weighted by atomic mass is 9.98. The summed E-state index contributed by atoms with van der Waals surface area (Å²) in [4.78, 5) is 0. The van der Waals surface area contributed by atoms with Gasteiger partial charge in [0.15, 0.2) is 0 Å². The highest BCUT2D eigenvalue weighted by atomic mass is 28.4. The minimum Gasteiger partial charge on any atom is -0.398 e. The zero-order chi connectivity index (χ0) is 16.8. The van der Waals surface area contributed by atoms with E-state index in [4.69, 9.17) is 22.4 Å². The van der Waals surface area contributed by atoms with Gasteiger partial charge in [0.05, 0.1) is 0 Å². The molecule has 1 rings (SSSR count). The Morgan fingerprint density at radius 2 is 1.32 bits per heavy atom.